The van der Waals surface area contributed by atoms with Crippen LogP contribution in [0, 0.1) is 17.8 Å². The molecule has 0 spiro atoms. The van der Waals surface area contributed by atoms with Gasteiger partial charge < -0.3 is 24.2 Å². The second kappa shape index (κ2) is 33.1. The number of hydrogen-bond donors (Lipinski definition) is 1. The third-order valence-electron chi connectivity index (χ3n) is 21.0. The number of unbranched alkanes of at least 4 members (excludes halogenated alkanes) is 2. The van der Waals surface area contributed by atoms with Gasteiger partial charge in [-0.15, -0.1) is 0 Å². The summed E-state index contributed by atoms with van der Waals surface area (Å²) in [5.41, 5.74) is 42.7. The Morgan fingerprint density at radius 1 is 0.449 bits per heavy atom. The molecule has 12 rings (SSSR count). The van der Waals surface area contributed by atoms with Crippen molar-refractivity contribution >= 4 is 77.0 Å². The first-order valence-corrected chi connectivity index (χ1v) is 38.0. The van der Waals surface area contributed by atoms with Crippen LogP contribution in [0.3, 0.4) is 0 Å². The summed E-state index contributed by atoms with van der Waals surface area (Å²) in [4.78, 5) is 25.0. The zero-order valence-electron chi connectivity index (χ0n) is 64.2. The molecule has 1 aliphatic heterocycles. The molecule has 13 nitrogen and oxygen atoms in total. The molecule has 546 valence electrons. The highest BCUT2D eigenvalue weighted by Gasteiger charge is 2.39. The molecule has 2 aliphatic carbocycles. The van der Waals surface area contributed by atoms with Gasteiger partial charge in [-0.1, -0.05) is 233 Å². The lowest BCUT2D eigenvalue weighted by Gasteiger charge is -2.29. The van der Waals surface area contributed by atoms with E-state index in [-0.39, 0.29) is 16.4 Å². The average molecular weight is 1420 g/mol. The average Bonchev–Trinajstić information content (AvgIpc) is 1.58. The van der Waals surface area contributed by atoms with Gasteiger partial charge in [-0.25, -0.2) is 4.79 Å². The highest BCUT2D eigenvalue weighted by atomic mass is 16.5. The van der Waals surface area contributed by atoms with Crippen LogP contribution in [0.4, 0.5) is 22.7 Å². The van der Waals surface area contributed by atoms with Gasteiger partial charge in [0.2, 0.25) is 0 Å². The highest BCUT2D eigenvalue weighted by molar-refractivity contribution is 6.11. The minimum atomic E-state index is -0.951. The van der Waals surface area contributed by atoms with Gasteiger partial charge in [0.25, 0.3) is 0 Å². The van der Waals surface area contributed by atoms with E-state index in [0.717, 1.165) is 135 Å². The summed E-state index contributed by atoms with van der Waals surface area (Å²) in [6.07, 6.45) is 23.3. The predicted molar refractivity (Wildman–Crippen MR) is 444 cm³/mol. The summed E-state index contributed by atoms with van der Waals surface area (Å²) < 4.78 is 19.7. The van der Waals surface area contributed by atoms with Gasteiger partial charge >= 0.3 is 5.97 Å². The minimum Gasteiger partial charge on any atom is -0.493 e. The molecular weight excluding hydrogens is 1320 g/mol. The van der Waals surface area contributed by atoms with E-state index in [9.17, 15) is 9.90 Å². The molecular formula is C94H100N8O5. The van der Waals surface area contributed by atoms with Crippen molar-refractivity contribution in [2.75, 3.05) is 37.8 Å². The molecule has 3 aliphatic rings. The number of carboxylic acids is 1. The van der Waals surface area contributed by atoms with E-state index < -0.39 is 11.4 Å². The molecule has 1 N–H and O–H groups in total. The lowest BCUT2D eigenvalue weighted by atomic mass is 9.80. The predicted octanol–water partition coefficient (Wildman–Crippen LogP) is 25.8. The van der Waals surface area contributed by atoms with Crippen molar-refractivity contribution in [1.29, 1.82) is 0 Å². The Morgan fingerprint density at radius 3 is 1.43 bits per heavy atom. The Bertz CT molecular complexity index is 5050. The van der Waals surface area contributed by atoms with Crippen molar-refractivity contribution in [2.24, 2.45) is 33.0 Å². The fourth-order valence-electron chi connectivity index (χ4n) is 14.8. The van der Waals surface area contributed by atoms with Gasteiger partial charge in [0, 0.05) is 72.9 Å². The number of benzene rings is 9. The van der Waals surface area contributed by atoms with Crippen molar-refractivity contribution in [3.05, 3.63) is 280 Å². The number of hydrogen-bond acceptors (Lipinski definition) is 8. The smallest absolute Gasteiger partial charge is 0.335 e. The van der Waals surface area contributed by atoms with E-state index in [1.54, 1.807) is 18.2 Å². The number of carbonyl (C=O) groups is 1. The van der Waals surface area contributed by atoms with Crippen LogP contribution in [0.1, 0.15) is 203 Å². The van der Waals surface area contributed by atoms with Gasteiger partial charge in [-0.3, -0.25) is 4.99 Å². The molecule has 9 aromatic carbocycles. The Morgan fingerprint density at radius 2 is 0.907 bits per heavy atom. The fourth-order valence-corrected chi connectivity index (χ4v) is 14.8. The first kappa shape index (κ1) is 75.6. The molecule has 0 saturated carbocycles. The van der Waals surface area contributed by atoms with E-state index in [1.165, 1.54) is 55.6 Å². The molecule has 0 amide bonds. The standard InChI is InChI=1S/C94H100N8O5/c1-61(2)47-50-105-87-53-67(21-32-71-33-22-68(54-88(71)106-59-62(3)4)23-34-72-35-24-69(55-89(72)107-60-63(5)6)29-46-90-94(11,12)85-56-73(91(103)104)36-45-86(85)99-90)20-31-70(87)30-19-64-25-37-74(38-26-64)102(75-40-44-81-80(57-75)79-42-28-66(18-14-16-49-98-101-96)52-83(79)92(81,7)8)76-39-43-78-77-41-27-65(17-13-15-48-97-100-95)51-82(77)93(9,10)84(78)58-76/h19-46,51-58,61-63H,13-18,47-50,59-60H2,1-12H3,(H,103,104)/b30-19+,32-21+,34-23+,46-29+. The first-order valence-electron chi connectivity index (χ1n) is 38.0. The van der Waals surface area contributed by atoms with Crippen LogP contribution < -0.4 is 19.1 Å². The zero-order valence-corrected chi connectivity index (χ0v) is 64.2. The number of rotatable bonds is 32. The van der Waals surface area contributed by atoms with E-state index in [2.05, 4.69) is 296 Å². The quantitative estimate of drug-likeness (QED) is 0.0144. The molecule has 0 fully saturated rings. The van der Waals surface area contributed by atoms with Crippen molar-refractivity contribution in [1.82, 2.24) is 0 Å². The Kier molecular flexibility index (Phi) is 23.4. The molecule has 13 heteroatoms. The van der Waals surface area contributed by atoms with Crippen molar-refractivity contribution in [2.45, 2.75) is 144 Å². The summed E-state index contributed by atoms with van der Waals surface area (Å²) >= 11 is 0. The molecule has 1 heterocycles. The van der Waals surface area contributed by atoms with Gasteiger partial charge in [0.1, 0.15) is 17.2 Å². The monoisotopic (exact) mass is 1420 g/mol. The molecule has 0 bridgehead atoms. The summed E-state index contributed by atoms with van der Waals surface area (Å²) in [6.45, 7) is 29.4. The van der Waals surface area contributed by atoms with Crippen LogP contribution in [0.15, 0.2) is 191 Å². The van der Waals surface area contributed by atoms with Crippen molar-refractivity contribution in [3.63, 3.8) is 0 Å². The number of aliphatic imine (C=N–C) groups is 1. The van der Waals surface area contributed by atoms with Gasteiger partial charge in [-0.2, -0.15) is 0 Å². The lowest BCUT2D eigenvalue weighted by Crippen LogP contribution is -2.24. The number of carboxylic acid groups (broad SMARTS) is 1. The van der Waals surface area contributed by atoms with E-state index >= 15 is 0 Å². The van der Waals surface area contributed by atoms with Crippen LogP contribution >= 0.6 is 0 Å². The first-order chi connectivity index (χ1) is 51.5. The maximum Gasteiger partial charge on any atom is 0.335 e. The minimum absolute atomic E-state index is 0.194. The summed E-state index contributed by atoms with van der Waals surface area (Å²) in [7, 11) is 0. The number of aromatic carboxylic acids is 1. The van der Waals surface area contributed by atoms with Crippen LogP contribution in [0.5, 0.6) is 17.2 Å². The van der Waals surface area contributed by atoms with Crippen LogP contribution in [0.2, 0.25) is 0 Å². The maximum atomic E-state index is 11.8. The Labute approximate surface area is 632 Å². The molecule has 0 aromatic heterocycles. The Hall–Kier alpha value is -11.1. The third kappa shape index (κ3) is 17.4. The molecule has 0 unspecified atom stereocenters. The zero-order chi connectivity index (χ0) is 75.6. The van der Waals surface area contributed by atoms with Crippen molar-refractivity contribution < 1.29 is 24.1 Å². The number of allylic oxidation sites excluding steroid dienone is 1. The summed E-state index contributed by atoms with van der Waals surface area (Å²) in [5.74, 6) is 2.57. The summed E-state index contributed by atoms with van der Waals surface area (Å²) in [6, 6.07) is 61.1. The normalized spacial score (nSPS) is 14.1. The van der Waals surface area contributed by atoms with Gasteiger partial charge in [0.15, 0.2) is 0 Å². The number of azide groups is 2. The van der Waals surface area contributed by atoms with Crippen LogP contribution in [0.25, 0.3) is 85.7 Å². The maximum absolute atomic E-state index is 11.8. The number of aryl methyl sites for hydroxylation is 2. The second-order valence-corrected chi connectivity index (χ2v) is 31.5. The van der Waals surface area contributed by atoms with Gasteiger partial charge in [-0.05, 0) is 236 Å². The number of nitrogens with zero attached hydrogens (tertiary/aromatic N) is 8. The van der Waals surface area contributed by atoms with Crippen molar-refractivity contribution in [3.8, 4) is 39.5 Å². The fraction of sp³-hybridized carbons (Fsp3) is 0.319. The second-order valence-electron chi connectivity index (χ2n) is 31.5. The lowest BCUT2D eigenvalue weighted by molar-refractivity contribution is 0.0696. The van der Waals surface area contributed by atoms with Gasteiger partial charge in [0.05, 0.1) is 36.8 Å². The number of fused-ring (bicyclic) bond motifs is 7. The number of ether oxygens (including phenoxy) is 3. The van der Waals surface area contributed by atoms with Crippen LogP contribution in [-0.4, -0.2) is 49.7 Å². The summed E-state index contributed by atoms with van der Waals surface area (Å²) in [5, 5.41) is 17.2. The third-order valence-corrected chi connectivity index (χ3v) is 21.0. The van der Waals surface area contributed by atoms with E-state index in [0.29, 0.717) is 50.7 Å². The SMILES string of the molecule is CC(C)CCOc1cc(/C=C/c2ccc(/C=C/c3ccc(/C=C/C4=Nc5ccc(C(=O)O)cc5C4(C)C)cc3OCC(C)C)cc2OCC(C)C)ccc1/C=C/c1ccc(N(c2ccc3c(c2)-c2ccc(CCCCN=[N+]=[N-])cc2C3(C)C)c2ccc3c(c2)C(C)(C)c2cc(CCCCN=[N+]=[N-])ccc2-3)cc1. The molecule has 9 aromatic rings. The van der Waals surface area contributed by atoms with E-state index in [4.69, 9.17) is 30.3 Å². The van der Waals surface area contributed by atoms with E-state index in [1.807, 2.05) is 12.2 Å². The topological polar surface area (TPSA) is 178 Å². The Balaban J connectivity index is 0.807. The largest absolute Gasteiger partial charge is 0.493 e. The number of anilines is 3. The van der Waals surface area contributed by atoms with Crippen LogP contribution in [-0.2, 0) is 29.1 Å². The molecule has 0 atom stereocenters. The molecule has 0 radical (unpaired) electrons. The molecule has 107 heavy (non-hydrogen) atoms. The highest BCUT2D eigenvalue weighted by Crippen LogP contribution is 2.54. The molecule has 0 saturated heterocycles.